The van der Waals surface area contributed by atoms with Crippen LogP contribution < -0.4 is 15.0 Å². The maximum absolute atomic E-state index is 14.6. The molecule has 3 aromatic carbocycles. The number of nitrogens with zero attached hydrogens (tertiary/aromatic N) is 1. The molecule has 1 aliphatic rings. The first kappa shape index (κ1) is 26.1. The number of amides is 2. The van der Waals surface area contributed by atoms with Crippen molar-refractivity contribution >= 4 is 17.5 Å². The smallest absolute Gasteiger partial charge is 0.387 e. The average Bonchev–Trinajstić information content (AvgIpc) is 3.00. The number of carbonyl (C=O) groups is 2. The lowest BCUT2D eigenvalue weighted by atomic mass is 9.86. The predicted molar refractivity (Wildman–Crippen MR) is 121 cm³/mol. The minimum absolute atomic E-state index is 0.00904. The zero-order chi connectivity index (χ0) is 27.1. The van der Waals surface area contributed by atoms with Gasteiger partial charge in [-0.3, -0.25) is 9.59 Å². The van der Waals surface area contributed by atoms with Gasteiger partial charge in [0.1, 0.15) is 29.0 Å². The Bertz CT molecular complexity index is 1370. The largest absolute Gasteiger partial charge is 0.434 e. The lowest BCUT2D eigenvalue weighted by Gasteiger charge is -2.22. The maximum Gasteiger partial charge on any atom is 0.387 e. The van der Waals surface area contributed by atoms with Crippen LogP contribution in [0, 0.1) is 23.3 Å². The minimum Gasteiger partial charge on any atom is -0.434 e. The zero-order valence-corrected chi connectivity index (χ0v) is 19.6. The lowest BCUT2D eigenvalue weighted by molar-refractivity contribution is -0.122. The van der Waals surface area contributed by atoms with Crippen LogP contribution >= 0.6 is 0 Å². The van der Waals surface area contributed by atoms with Crippen LogP contribution in [-0.2, 0) is 23.3 Å². The van der Waals surface area contributed by atoms with E-state index in [9.17, 15) is 35.9 Å². The van der Waals surface area contributed by atoms with Gasteiger partial charge in [0.15, 0.2) is 0 Å². The topological polar surface area (TPSA) is 58.6 Å². The standard InChI is InChI=1S/C26H20F6N2O3/c1-26(2)17-7-6-13(23(35)33-11-15-19(29)9-14(27)10-20(15)30)8-21(17)34(24(26)36)12-16-18(28)4-3-5-22(16)37-25(31)32/h3-10,25H,11-12H2,1-2H3,(H,33,35). The molecule has 0 unspecified atom stereocenters. The molecule has 0 fully saturated rings. The van der Waals surface area contributed by atoms with Crippen LogP contribution in [0.5, 0.6) is 5.75 Å². The fourth-order valence-electron chi connectivity index (χ4n) is 4.21. The van der Waals surface area contributed by atoms with Crippen molar-refractivity contribution in [1.29, 1.82) is 0 Å². The van der Waals surface area contributed by atoms with Gasteiger partial charge >= 0.3 is 6.61 Å². The molecule has 1 aliphatic heterocycles. The van der Waals surface area contributed by atoms with Gasteiger partial charge in [-0.15, -0.1) is 0 Å². The summed E-state index contributed by atoms with van der Waals surface area (Å²) < 4.78 is 85.7. The highest BCUT2D eigenvalue weighted by molar-refractivity contribution is 6.09. The number of ether oxygens (including phenoxy) is 1. The van der Waals surface area contributed by atoms with Crippen molar-refractivity contribution in [2.45, 2.75) is 39.0 Å². The molecule has 0 radical (unpaired) electrons. The van der Waals surface area contributed by atoms with E-state index in [1.807, 2.05) is 0 Å². The van der Waals surface area contributed by atoms with Gasteiger partial charge in [-0.05, 0) is 43.7 Å². The van der Waals surface area contributed by atoms with E-state index in [-0.39, 0.29) is 16.8 Å². The number of fused-ring (bicyclic) bond motifs is 1. The molecule has 0 saturated heterocycles. The highest BCUT2D eigenvalue weighted by Gasteiger charge is 2.44. The Kier molecular flexibility index (Phi) is 6.90. The summed E-state index contributed by atoms with van der Waals surface area (Å²) in [6, 6.07) is 8.60. The zero-order valence-electron chi connectivity index (χ0n) is 19.6. The molecule has 11 heteroatoms. The molecule has 0 aromatic heterocycles. The van der Waals surface area contributed by atoms with Crippen LogP contribution in [0.25, 0.3) is 0 Å². The monoisotopic (exact) mass is 522 g/mol. The van der Waals surface area contributed by atoms with Crippen molar-refractivity contribution in [3.63, 3.8) is 0 Å². The van der Waals surface area contributed by atoms with E-state index in [4.69, 9.17) is 0 Å². The van der Waals surface area contributed by atoms with Crippen LogP contribution in [0.1, 0.15) is 40.9 Å². The second-order valence-corrected chi connectivity index (χ2v) is 8.87. The number of alkyl halides is 2. The molecule has 0 saturated carbocycles. The van der Waals surface area contributed by atoms with E-state index in [0.717, 1.165) is 17.0 Å². The molecule has 2 amide bonds. The summed E-state index contributed by atoms with van der Waals surface area (Å²) in [5, 5.41) is 2.34. The number of rotatable bonds is 7. The molecule has 0 aliphatic carbocycles. The summed E-state index contributed by atoms with van der Waals surface area (Å²) in [6.07, 6.45) is 0. The van der Waals surface area contributed by atoms with Gasteiger partial charge in [0.05, 0.1) is 12.0 Å². The Morgan fingerprint density at radius 2 is 1.65 bits per heavy atom. The Morgan fingerprint density at radius 1 is 0.973 bits per heavy atom. The van der Waals surface area contributed by atoms with Crippen LogP contribution in [0.3, 0.4) is 0 Å². The highest BCUT2D eigenvalue weighted by atomic mass is 19.3. The molecule has 37 heavy (non-hydrogen) atoms. The van der Waals surface area contributed by atoms with E-state index >= 15 is 0 Å². The van der Waals surface area contributed by atoms with E-state index in [1.165, 1.54) is 24.3 Å². The fraction of sp³-hybridized carbons (Fsp3) is 0.231. The van der Waals surface area contributed by atoms with Crippen LogP contribution in [0.4, 0.5) is 32.0 Å². The van der Waals surface area contributed by atoms with E-state index < -0.39 is 71.5 Å². The van der Waals surface area contributed by atoms with Gasteiger partial charge in [-0.25, -0.2) is 17.6 Å². The number of hydrogen-bond acceptors (Lipinski definition) is 3. The highest BCUT2D eigenvalue weighted by Crippen LogP contribution is 2.43. The van der Waals surface area contributed by atoms with Gasteiger partial charge < -0.3 is 15.0 Å². The summed E-state index contributed by atoms with van der Waals surface area (Å²) >= 11 is 0. The van der Waals surface area contributed by atoms with E-state index in [1.54, 1.807) is 13.8 Å². The second kappa shape index (κ2) is 9.79. The number of anilines is 1. The molecular weight excluding hydrogens is 502 g/mol. The average molecular weight is 522 g/mol. The Hall–Kier alpha value is -4.02. The number of hydrogen-bond donors (Lipinski definition) is 1. The van der Waals surface area contributed by atoms with Crippen LogP contribution in [0.15, 0.2) is 48.5 Å². The molecule has 0 atom stereocenters. The van der Waals surface area contributed by atoms with Gasteiger partial charge in [0, 0.05) is 41.1 Å². The quantitative estimate of drug-likeness (QED) is 0.411. The predicted octanol–water partition coefficient (Wildman–Crippen LogP) is 5.60. The Morgan fingerprint density at radius 3 is 2.30 bits per heavy atom. The second-order valence-electron chi connectivity index (χ2n) is 8.87. The summed E-state index contributed by atoms with van der Waals surface area (Å²) in [5.74, 6) is -5.97. The molecule has 3 aromatic rings. The summed E-state index contributed by atoms with van der Waals surface area (Å²) in [4.78, 5) is 27.1. The molecule has 0 spiro atoms. The molecule has 1 heterocycles. The van der Waals surface area contributed by atoms with Crippen molar-refractivity contribution < 1.29 is 40.7 Å². The van der Waals surface area contributed by atoms with E-state index in [0.29, 0.717) is 17.7 Å². The van der Waals surface area contributed by atoms with Gasteiger partial charge in [0.25, 0.3) is 5.91 Å². The van der Waals surface area contributed by atoms with Crippen molar-refractivity contribution in [3.05, 3.63) is 94.1 Å². The first-order chi connectivity index (χ1) is 17.4. The third-order valence-corrected chi connectivity index (χ3v) is 6.14. The van der Waals surface area contributed by atoms with Crippen LogP contribution in [0.2, 0.25) is 0 Å². The molecule has 4 rings (SSSR count). The third-order valence-electron chi connectivity index (χ3n) is 6.14. The number of halogens is 6. The molecular formula is C26H20F6N2O3. The van der Waals surface area contributed by atoms with Crippen molar-refractivity contribution in [2.24, 2.45) is 0 Å². The number of carbonyl (C=O) groups excluding carboxylic acids is 2. The van der Waals surface area contributed by atoms with Gasteiger partial charge in [-0.1, -0.05) is 12.1 Å². The van der Waals surface area contributed by atoms with Crippen LogP contribution in [-0.4, -0.2) is 18.4 Å². The molecule has 0 bridgehead atoms. The Balaban J connectivity index is 1.64. The SMILES string of the molecule is CC1(C)C(=O)N(Cc2c(F)cccc2OC(F)F)c2cc(C(=O)NCc3c(F)cc(F)cc3F)ccc21. The Labute approximate surface area is 207 Å². The van der Waals surface area contributed by atoms with Crippen molar-refractivity contribution in [2.75, 3.05) is 4.90 Å². The van der Waals surface area contributed by atoms with Gasteiger partial charge in [0.2, 0.25) is 5.91 Å². The molecule has 194 valence electrons. The first-order valence-electron chi connectivity index (χ1n) is 11.0. The molecule has 5 nitrogen and oxygen atoms in total. The molecule has 1 N–H and O–H groups in total. The van der Waals surface area contributed by atoms with Crippen molar-refractivity contribution in [3.8, 4) is 5.75 Å². The number of nitrogens with one attached hydrogen (secondary N) is 1. The summed E-state index contributed by atoms with van der Waals surface area (Å²) in [7, 11) is 0. The normalized spacial score (nSPS) is 14.2. The van der Waals surface area contributed by atoms with Gasteiger partial charge in [-0.2, -0.15) is 8.78 Å². The fourth-order valence-corrected chi connectivity index (χ4v) is 4.21. The first-order valence-corrected chi connectivity index (χ1v) is 11.0. The third kappa shape index (κ3) is 4.98. The number of benzene rings is 3. The van der Waals surface area contributed by atoms with Crippen molar-refractivity contribution in [1.82, 2.24) is 5.32 Å². The summed E-state index contributed by atoms with van der Waals surface area (Å²) in [6.45, 7) is -1.02. The minimum atomic E-state index is -3.22. The maximum atomic E-state index is 14.6. The van der Waals surface area contributed by atoms with E-state index in [2.05, 4.69) is 10.1 Å². The summed E-state index contributed by atoms with van der Waals surface area (Å²) in [5.41, 5.74) is -1.17. The lowest BCUT2D eigenvalue weighted by Crippen LogP contribution is -2.36.